The third kappa shape index (κ3) is 1.41. The van der Waals surface area contributed by atoms with Crippen LogP contribution in [0.5, 0.6) is 0 Å². The molecule has 0 spiro atoms. The Morgan fingerprint density at radius 3 is 2.68 bits per heavy atom. The molecule has 2 aliphatic carbocycles. The molecule has 0 bridgehead atoms. The molecule has 5 rings (SSSR count). The zero-order valence-corrected chi connectivity index (χ0v) is 12.1. The number of fused-ring (bicyclic) bond motifs is 5. The van der Waals surface area contributed by atoms with Gasteiger partial charge in [-0.3, -0.25) is 10.1 Å². The Morgan fingerprint density at radius 2 is 1.82 bits per heavy atom. The van der Waals surface area contributed by atoms with Gasteiger partial charge in [0.2, 0.25) is 0 Å². The Hall–Kier alpha value is -2.42. The summed E-state index contributed by atoms with van der Waals surface area (Å²) >= 11 is 0. The highest BCUT2D eigenvalue weighted by molar-refractivity contribution is 6.06. The molecule has 3 aromatic carbocycles. The van der Waals surface area contributed by atoms with Crippen molar-refractivity contribution < 1.29 is 4.92 Å². The van der Waals surface area contributed by atoms with Crippen molar-refractivity contribution in [3.8, 4) is 0 Å². The number of nitro groups is 1. The molecule has 108 valence electrons. The Kier molecular flexibility index (Phi) is 2.25. The summed E-state index contributed by atoms with van der Waals surface area (Å²) in [7, 11) is 0. The van der Waals surface area contributed by atoms with Crippen molar-refractivity contribution in [3.63, 3.8) is 0 Å². The first kappa shape index (κ1) is 12.2. The van der Waals surface area contributed by atoms with Gasteiger partial charge in [0.05, 0.1) is 4.92 Å². The minimum absolute atomic E-state index is 0.233. The molecule has 0 N–H and O–H groups in total. The lowest BCUT2D eigenvalue weighted by Gasteiger charge is -2.13. The van der Waals surface area contributed by atoms with Crippen LogP contribution >= 0.6 is 0 Å². The monoisotopic (exact) mass is 289 g/mol. The van der Waals surface area contributed by atoms with Crippen LogP contribution in [-0.2, 0) is 0 Å². The van der Waals surface area contributed by atoms with Crippen LogP contribution in [0.3, 0.4) is 0 Å². The average Bonchev–Trinajstić information content (AvgIpc) is 3.10. The van der Waals surface area contributed by atoms with Crippen molar-refractivity contribution in [2.45, 2.75) is 31.1 Å². The first-order chi connectivity index (χ1) is 10.7. The quantitative estimate of drug-likeness (QED) is 0.348. The van der Waals surface area contributed by atoms with E-state index in [1.165, 1.54) is 40.1 Å². The van der Waals surface area contributed by atoms with Gasteiger partial charge in [-0.1, -0.05) is 30.7 Å². The first-order valence-electron chi connectivity index (χ1n) is 7.88. The Balaban J connectivity index is 1.98. The van der Waals surface area contributed by atoms with Crippen LogP contribution in [0.15, 0.2) is 42.5 Å². The highest BCUT2D eigenvalue weighted by Gasteiger charge is 2.39. The van der Waals surface area contributed by atoms with Gasteiger partial charge in [-0.15, -0.1) is 0 Å². The third-order valence-corrected chi connectivity index (χ3v) is 5.51. The molecule has 3 aromatic rings. The fraction of sp³-hybridized carbons (Fsp3) is 0.263. The highest BCUT2D eigenvalue weighted by Crippen LogP contribution is 2.57. The second-order valence-corrected chi connectivity index (χ2v) is 6.55. The van der Waals surface area contributed by atoms with Gasteiger partial charge in [-0.05, 0) is 63.4 Å². The predicted octanol–water partition coefficient (Wildman–Crippen LogP) is 5.27. The molecular weight excluding hydrogens is 274 g/mol. The van der Waals surface area contributed by atoms with E-state index in [1.807, 2.05) is 12.1 Å². The van der Waals surface area contributed by atoms with E-state index >= 15 is 0 Å². The van der Waals surface area contributed by atoms with Crippen molar-refractivity contribution >= 4 is 27.2 Å². The third-order valence-electron chi connectivity index (χ3n) is 5.51. The summed E-state index contributed by atoms with van der Waals surface area (Å²) in [6.07, 6.45) is 3.59. The van der Waals surface area contributed by atoms with E-state index in [4.69, 9.17) is 0 Å². The number of hydrogen-bond acceptors (Lipinski definition) is 2. The summed E-state index contributed by atoms with van der Waals surface area (Å²) < 4.78 is 0. The van der Waals surface area contributed by atoms with Crippen LogP contribution in [0.2, 0.25) is 0 Å². The smallest absolute Gasteiger partial charge is 0.258 e. The van der Waals surface area contributed by atoms with Crippen molar-refractivity contribution in [3.05, 3.63) is 63.7 Å². The molecule has 0 radical (unpaired) electrons. The van der Waals surface area contributed by atoms with Crippen LogP contribution in [0.1, 0.15) is 42.2 Å². The Labute approximate surface area is 127 Å². The lowest BCUT2D eigenvalue weighted by molar-refractivity contribution is -0.384. The van der Waals surface area contributed by atoms with Gasteiger partial charge in [0, 0.05) is 12.1 Å². The molecule has 2 unspecified atom stereocenters. The summed E-state index contributed by atoms with van der Waals surface area (Å²) in [4.78, 5) is 11.0. The van der Waals surface area contributed by atoms with Gasteiger partial charge in [-0.25, -0.2) is 0 Å². The SMILES string of the molecule is O=[N+]([O-])c1cc2c3c(c4ccccc4cc3c1)C1CCCC21. The summed E-state index contributed by atoms with van der Waals surface area (Å²) in [5, 5.41) is 16.1. The normalized spacial score (nSPS) is 22.4. The number of nitrogens with zero attached hydrogens (tertiary/aromatic N) is 1. The minimum Gasteiger partial charge on any atom is -0.258 e. The van der Waals surface area contributed by atoms with Gasteiger partial charge in [0.1, 0.15) is 0 Å². The predicted molar refractivity (Wildman–Crippen MR) is 87.4 cm³/mol. The molecule has 0 amide bonds. The van der Waals surface area contributed by atoms with Crippen molar-refractivity contribution in [2.24, 2.45) is 0 Å². The topological polar surface area (TPSA) is 43.1 Å². The van der Waals surface area contributed by atoms with E-state index in [2.05, 4.69) is 24.3 Å². The lowest BCUT2D eigenvalue weighted by atomic mass is 9.90. The van der Waals surface area contributed by atoms with Gasteiger partial charge in [0.15, 0.2) is 0 Å². The average molecular weight is 289 g/mol. The fourth-order valence-corrected chi connectivity index (χ4v) is 4.73. The molecule has 1 fully saturated rings. The summed E-state index contributed by atoms with van der Waals surface area (Å²) in [6.45, 7) is 0. The van der Waals surface area contributed by atoms with Gasteiger partial charge in [0.25, 0.3) is 5.69 Å². The van der Waals surface area contributed by atoms with Gasteiger partial charge >= 0.3 is 0 Å². The van der Waals surface area contributed by atoms with E-state index in [-0.39, 0.29) is 10.6 Å². The minimum atomic E-state index is -0.257. The largest absolute Gasteiger partial charge is 0.270 e. The molecule has 0 saturated heterocycles. The molecule has 3 heteroatoms. The van der Waals surface area contributed by atoms with E-state index in [9.17, 15) is 10.1 Å². The summed E-state index contributed by atoms with van der Waals surface area (Å²) in [6, 6.07) is 14.2. The maximum Gasteiger partial charge on any atom is 0.270 e. The number of benzene rings is 3. The molecule has 1 saturated carbocycles. The zero-order valence-electron chi connectivity index (χ0n) is 12.1. The van der Waals surface area contributed by atoms with Crippen LogP contribution in [0.25, 0.3) is 21.5 Å². The number of hydrogen-bond donors (Lipinski definition) is 0. The highest BCUT2D eigenvalue weighted by atomic mass is 16.6. The first-order valence-corrected chi connectivity index (χ1v) is 7.88. The maximum atomic E-state index is 11.3. The van der Waals surface area contributed by atoms with Crippen molar-refractivity contribution in [2.75, 3.05) is 0 Å². The van der Waals surface area contributed by atoms with Crippen molar-refractivity contribution in [1.82, 2.24) is 0 Å². The van der Waals surface area contributed by atoms with E-state index in [0.29, 0.717) is 11.8 Å². The summed E-state index contributed by atoms with van der Waals surface area (Å²) in [5.41, 5.74) is 2.89. The molecule has 2 aliphatic rings. The standard InChI is InChI=1S/C19H15NO2/c21-20(22)13-9-12-8-11-4-1-2-5-14(11)19-16-7-3-6-15(16)17(10-13)18(12)19/h1-2,4-5,8-10,15-16H,3,6-7H2. The fourth-order valence-electron chi connectivity index (χ4n) is 4.73. The number of non-ortho nitro benzene ring substituents is 1. The van der Waals surface area contributed by atoms with Crippen LogP contribution in [-0.4, -0.2) is 4.92 Å². The lowest BCUT2D eigenvalue weighted by Crippen LogP contribution is -1.97. The maximum absolute atomic E-state index is 11.3. The second-order valence-electron chi connectivity index (χ2n) is 6.55. The second kappa shape index (κ2) is 4.07. The van der Waals surface area contributed by atoms with E-state index in [1.54, 1.807) is 6.07 Å². The van der Waals surface area contributed by atoms with Crippen LogP contribution in [0.4, 0.5) is 5.69 Å². The molecule has 0 aliphatic heterocycles. The molecule has 3 nitrogen and oxygen atoms in total. The van der Waals surface area contributed by atoms with E-state index < -0.39 is 0 Å². The van der Waals surface area contributed by atoms with E-state index in [0.717, 1.165) is 11.8 Å². The van der Waals surface area contributed by atoms with Crippen LogP contribution < -0.4 is 0 Å². The molecule has 0 heterocycles. The molecular formula is C19H15NO2. The van der Waals surface area contributed by atoms with Crippen LogP contribution in [0, 0.1) is 10.1 Å². The molecule has 22 heavy (non-hydrogen) atoms. The zero-order chi connectivity index (χ0) is 14.8. The van der Waals surface area contributed by atoms with Gasteiger partial charge in [-0.2, -0.15) is 0 Å². The Bertz CT molecular complexity index is 960. The van der Waals surface area contributed by atoms with Gasteiger partial charge < -0.3 is 0 Å². The number of nitro benzene ring substituents is 1. The molecule has 0 aromatic heterocycles. The van der Waals surface area contributed by atoms with Crippen molar-refractivity contribution in [1.29, 1.82) is 0 Å². The molecule has 2 atom stereocenters. The summed E-state index contributed by atoms with van der Waals surface area (Å²) in [5.74, 6) is 1.02. The number of rotatable bonds is 1. The Morgan fingerprint density at radius 1 is 1.00 bits per heavy atom.